The van der Waals surface area contributed by atoms with E-state index in [1.165, 1.54) is 18.6 Å². The van der Waals surface area contributed by atoms with Crippen LogP contribution in [0.5, 0.6) is 5.75 Å². The Bertz CT molecular complexity index is 1220. The van der Waals surface area contributed by atoms with Crippen LogP contribution in [0.1, 0.15) is 74.0 Å². The summed E-state index contributed by atoms with van der Waals surface area (Å²) in [6, 6.07) is 17.7. The monoisotopic (exact) mass is 533 g/mol. The molecule has 1 aromatic heterocycles. The highest BCUT2D eigenvalue weighted by atomic mass is 19.1. The second-order valence-corrected chi connectivity index (χ2v) is 10.5. The minimum atomic E-state index is -0.254. The SMILES string of the molecule is CCC(C)N(CC(=O)N(Cc1cccn1Cc1ccc(F)cc1)C1CCCCC1)C(=O)c1ccc(OC)cc1. The van der Waals surface area contributed by atoms with E-state index in [9.17, 15) is 14.0 Å². The van der Waals surface area contributed by atoms with Crippen molar-refractivity contribution in [2.45, 2.75) is 77.5 Å². The Morgan fingerprint density at radius 1 is 1.03 bits per heavy atom. The van der Waals surface area contributed by atoms with Crippen molar-refractivity contribution in [3.05, 3.63) is 89.5 Å². The fourth-order valence-electron chi connectivity index (χ4n) is 5.31. The van der Waals surface area contributed by atoms with Gasteiger partial charge in [0.15, 0.2) is 0 Å². The van der Waals surface area contributed by atoms with Gasteiger partial charge in [0.2, 0.25) is 5.91 Å². The first-order chi connectivity index (χ1) is 18.9. The molecule has 1 unspecified atom stereocenters. The maximum atomic E-state index is 14.0. The zero-order chi connectivity index (χ0) is 27.8. The number of hydrogen-bond acceptors (Lipinski definition) is 3. The Balaban J connectivity index is 1.55. The first-order valence-corrected chi connectivity index (χ1v) is 14.0. The molecule has 7 heteroatoms. The van der Waals surface area contributed by atoms with Gasteiger partial charge in [0.25, 0.3) is 5.91 Å². The van der Waals surface area contributed by atoms with Crippen LogP contribution in [-0.2, 0) is 17.9 Å². The minimum Gasteiger partial charge on any atom is -0.497 e. The van der Waals surface area contributed by atoms with Crippen molar-refractivity contribution in [1.29, 1.82) is 0 Å². The van der Waals surface area contributed by atoms with Crippen LogP contribution in [0.4, 0.5) is 4.39 Å². The van der Waals surface area contributed by atoms with Gasteiger partial charge in [-0.05, 0) is 80.3 Å². The smallest absolute Gasteiger partial charge is 0.254 e. The van der Waals surface area contributed by atoms with Crippen LogP contribution in [0.25, 0.3) is 0 Å². The number of methoxy groups -OCH3 is 1. The van der Waals surface area contributed by atoms with E-state index in [1.807, 2.05) is 37.1 Å². The fourth-order valence-corrected chi connectivity index (χ4v) is 5.31. The summed E-state index contributed by atoms with van der Waals surface area (Å²) in [7, 11) is 1.59. The van der Waals surface area contributed by atoms with Gasteiger partial charge < -0.3 is 19.1 Å². The summed E-state index contributed by atoms with van der Waals surface area (Å²) in [6.07, 6.45) is 8.09. The largest absolute Gasteiger partial charge is 0.497 e. The molecule has 0 spiro atoms. The summed E-state index contributed by atoms with van der Waals surface area (Å²) in [4.78, 5) is 31.3. The van der Waals surface area contributed by atoms with Crippen molar-refractivity contribution in [3.63, 3.8) is 0 Å². The summed E-state index contributed by atoms with van der Waals surface area (Å²) < 4.78 is 20.8. The fraction of sp³-hybridized carbons (Fsp3) is 0.438. The van der Waals surface area contributed by atoms with Gasteiger partial charge in [-0.1, -0.05) is 38.3 Å². The van der Waals surface area contributed by atoms with Crippen LogP contribution in [0.2, 0.25) is 0 Å². The highest BCUT2D eigenvalue weighted by molar-refractivity contribution is 5.96. The molecule has 2 aromatic carbocycles. The topological polar surface area (TPSA) is 54.8 Å². The molecular weight excluding hydrogens is 493 g/mol. The van der Waals surface area contributed by atoms with E-state index in [0.29, 0.717) is 24.4 Å². The molecule has 3 aromatic rings. The zero-order valence-electron chi connectivity index (χ0n) is 23.3. The van der Waals surface area contributed by atoms with Gasteiger partial charge in [-0.3, -0.25) is 9.59 Å². The van der Waals surface area contributed by atoms with E-state index in [2.05, 4.69) is 4.57 Å². The highest BCUT2D eigenvalue weighted by Gasteiger charge is 2.30. The molecule has 1 aliphatic rings. The Labute approximate surface area is 231 Å². The van der Waals surface area contributed by atoms with E-state index in [-0.39, 0.29) is 36.3 Å². The van der Waals surface area contributed by atoms with Gasteiger partial charge in [0, 0.05) is 36.1 Å². The van der Waals surface area contributed by atoms with Gasteiger partial charge in [0.1, 0.15) is 18.1 Å². The van der Waals surface area contributed by atoms with Gasteiger partial charge in [-0.2, -0.15) is 0 Å². The number of hydrogen-bond donors (Lipinski definition) is 0. The van der Waals surface area contributed by atoms with Crippen molar-refractivity contribution in [2.24, 2.45) is 0 Å². The van der Waals surface area contributed by atoms with Crippen LogP contribution in [0.15, 0.2) is 66.9 Å². The molecule has 4 rings (SSSR count). The third-order valence-corrected chi connectivity index (χ3v) is 7.88. The van der Waals surface area contributed by atoms with E-state index in [0.717, 1.165) is 43.4 Å². The average molecular weight is 534 g/mol. The number of amides is 2. The maximum absolute atomic E-state index is 14.0. The molecule has 1 heterocycles. The van der Waals surface area contributed by atoms with Gasteiger partial charge in [0.05, 0.1) is 13.7 Å². The molecule has 1 saturated carbocycles. The number of carbonyl (C=O) groups is 2. The summed E-state index contributed by atoms with van der Waals surface area (Å²) in [5.41, 5.74) is 2.56. The maximum Gasteiger partial charge on any atom is 0.254 e. The van der Waals surface area contributed by atoms with Crippen LogP contribution in [0.3, 0.4) is 0 Å². The predicted molar refractivity (Wildman–Crippen MR) is 151 cm³/mol. The van der Waals surface area contributed by atoms with E-state index < -0.39 is 0 Å². The Morgan fingerprint density at radius 3 is 2.36 bits per heavy atom. The van der Waals surface area contributed by atoms with Crippen LogP contribution < -0.4 is 4.74 Å². The quantitative estimate of drug-likeness (QED) is 0.291. The lowest BCUT2D eigenvalue weighted by molar-refractivity contribution is -0.136. The number of halogens is 1. The molecule has 208 valence electrons. The summed E-state index contributed by atoms with van der Waals surface area (Å²) in [5, 5.41) is 0. The van der Waals surface area contributed by atoms with Crippen LogP contribution >= 0.6 is 0 Å². The van der Waals surface area contributed by atoms with Gasteiger partial charge in [-0.15, -0.1) is 0 Å². The molecule has 6 nitrogen and oxygen atoms in total. The highest BCUT2D eigenvalue weighted by Crippen LogP contribution is 2.26. The second-order valence-electron chi connectivity index (χ2n) is 10.5. The Kier molecular flexibility index (Phi) is 9.79. The molecule has 1 aliphatic carbocycles. The van der Waals surface area contributed by atoms with Crippen molar-refractivity contribution in [3.8, 4) is 5.75 Å². The molecule has 0 aliphatic heterocycles. The van der Waals surface area contributed by atoms with Crippen molar-refractivity contribution in [1.82, 2.24) is 14.4 Å². The lowest BCUT2D eigenvalue weighted by Gasteiger charge is -2.37. The number of aromatic nitrogens is 1. The van der Waals surface area contributed by atoms with E-state index in [4.69, 9.17) is 4.74 Å². The minimum absolute atomic E-state index is 0.0291. The third-order valence-electron chi connectivity index (χ3n) is 7.88. The van der Waals surface area contributed by atoms with Crippen molar-refractivity contribution in [2.75, 3.05) is 13.7 Å². The second kappa shape index (κ2) is 13.5. The molecular formula is C32H40FN3O3. The summed E-state index contributed by atoms with van der Waals surface area (Å²) in [6.45, 7) is 5.14. The first kappa shape index (κ1) is 28.4. The normalized spacial score (nSPS) is 14.6. The van der Waals surface area contributed by atoms with Crippen molar-refractivity contribution < 1.29 is 18.7 Å². The van der Waals surface area contributed by atoms with Crippen molar-refractivity contribution >= 4 is 11.8 Å². The lowest BCUT2D eigenvalue weighted by atomic mass is 9.94. The molecule has 39 heavy (non-hydrogen) atoms. The molecule has 0 radical (unpaired) electrons. The number of ether oxygens (including phenoxy) is 1. The average Bonchev–Trinajstić information content (AvgIpc) is 3.41. The lowest BCUT2D eigenvalue weighted by Crippen LogP contribution is -2.49. The predicted octanol–water partition coefficient (Wildman–Crippen LogP) is 6.29. The molecule has 2 amide bonds. The van der Waals surface area contributed by atoms with Crippen LogP contribution in [0, 0.1) is 5.82 Å². The Morgan fingerprint density at radius 2 is 1.72 bits per heavy atom. The van der Waals surface area contributed by atoms with E-state index in [1.54, 1.807) is 48.4 Å². The number of carbonyl (C=O) groups excluding carboxylic acids is 2. The number of benzene rings is 2. The zero-order valence-corrected chi connectivity index (χ0v) is 23.3. The van der Waals surface area contributed by atoms with E-state index >= 15 is 0 Å². The summed E-state index contributed by atoms with van der Waals surface area (Å²) >= 11 is 0. The van der Waals surface area contributed by atoms with Gasteiger partial charge in [-0.25, -0.2) is 4.39 Å². The number of nitrogens with zero attached hydrogens (tertiary/aromatic N) is 3. The molecule has 0 bridgehead atoms. The Hall–Kier alpha value is -3.61. The molecule has 0 saturated heterocycles. The number of rotatable bonds is 11. The first-order valence-electron chi connectivity index (χ1n) is 14.0. The van der Waals surface area contributed by atoms with Crippen LogP contribution in [-0.4, -0.2) is 51.9 Å². The third kappa shape index (κ3) is 7.28. The summed E-state index contributed by atoms with van der Waals surface area (Å²) in [5.74, 6) is 0.252. The molecule has 1 atom stereocenters. The molecule has 1 fully saturated rings. The van der Waals surface area contributed by atoms with Gasteiger partial charge >= 0.3 is 0 Å². The molecule has 0 N–H and O–H groups in total. The standard InChI is InChI=1S/C32H40FN3O3/c1-4-24(2)35(32(38)26-14-18-30(39-3)19-15-26)23-31(37)36(28-9-6-5-7-10-28)22-29-11-8-20-34(29)21-25-12-16-27(33)17-13-25/h8,11-20,24,28H,4-7,9-10,21-23H2,1-3H3.